The van der Waals surface area contributed by atoms with Crippen LogP contribution in [0.15, 0.2) is 23.4 Å². The Morgan fingerprint density at radius 3 is 2.35 bits per heavy atom. The second kappa shape index (κ2) is 7.58. The fourth-order valence-electron chi connectivity index (χ4n) is 2.60. The molecule has 0 spiro atoms. The third-order valence-corrected chi connectivity index (χ3v) is 3.68. The summed E-state index contributed by atoms with van der Waals surface area (Å²) in [6.45, 7) is 10.4. The molecule has 1 unspecified atom stereocenters. The van der Waals surface area contributed by atoms with Gasteiger partial charge in [0.15, 0.2) is 0 Å². The van der Waals surface area contributed by atoms with Gasteiger partial charge in [0.05, 0.1) is 0 Å². The zero-order chi connectivity index (χ0) is 12.7. The molecule has 1 atom stereocenters. The monoisotopic (exact) mass is 235 g/mol. The van der Waals surface area contributed by atoms with Crippen LogP contribution in [0.25, 0.3) is 0 Å². The molecule has 1 aliphatic rings. The Hall–Kier alpha value is -0.720. The molecule has 1 heteroatoms. The Labute approximate surface area is 108 Å². The molecule has 98 valence electrons. The van der Waals surface area contributed by atoms with Crippen molar-refractivity contribution < 1.29 is 0 Å². The van der Waals surface area contributed by atoms with Crippen LogP contribution < -0.4 is 0 Å². The standard InChI is InChI=1S/C16H29N/c1-5-9-11-17-13-14(7-3)12-15(8-4)16(17)10-6-2/h12-13,16H,5-11H2,1-4H3. The lowest BCUT2D eigenvalue weighted by Crippen LogP contribution is -2.35. The summed E-state index contributed by atoms with van der Waals surface area (Å²) in [6.07, 6.45) is 12.4. The molecule has 1 nitrogen and oxygen atoms in total. The van der Waals surface area contributed by atoms with E-state index in [1.165, 1.54) is 44.2 Å². The zero-order valence-electron chi connectivity index (χ0n) is 12.1. The van der Waals surface area contributed by atoms with Crippen LogP contribution in [-0.4, -0.2) is 17.5 Å². The second-order valence-corrected chi connectivity index (χ2v) is 5.03. The van der Waals surface area contributed by atoms with E-state index in [4.69, 9.17) is 0 Å². The molecule has 17 heavy (non-hydrogen) atoms. The molecule has 0 bridgehead atoms. The Balaban J connectivity index is 2.81. The molecule has 0 fully saturated rings. The molecule has 0 aromatic carbocycles. The smallest absolute Gasteiger partial charge is 0.0499 e. The van der Waals surface area contributed by atoms with Crippen LogP contribution in [0.1, 0.15) is 66.2 Å². The van der Waals surface area contributed by atoms with Crippen molar-refractivity contribution in [2.24, 2.45) is 0 Å². The molecular weight excluding hydrogens is 206 g/mol. The van der Waals surface area contributed by atoms with Crippen LogP contribution in [0.5, 0.6) is 0 Å². The minimum absolute atomic E-state index is 0.673. The van der Waals surface area contributed by atoms with Gasteiger partial charge in [0.2, 0.25) is 0 Å². The summed E-state index contributed by atoms with van der Waals surface area (Å²) in [4.78, 5) is 2.60. The summed E-state index contributed by atoms with van der Waals surface area (Å²) in [5, 5.41) is 0. The van der Waals surface area contributed by atoms with E-state index in [0.29, 0.717) is 6.04 Å². The normalized spacial score (nSPS) is 20.2. The van der Waals surface area contributed by atoms with E-state index in [9.17, 15) is 0 Å². The van der Waals surface area contributed by atoms with E-state index in [1.807, 2.05) is 0 Å². The fraction of sp³-hybridized carbons (Fsp3) is 0.750. The third kappa shape index (κ3) is 3.90. The summed E-state index contributed by atoms with van der Waals surface area (Å²) in [7, 11) is 0. The zero-order valence-corrected chi connectivity index (χ0v) is 12.1. The maximum atomic E-state index is 2.60. The van der Waals surface area contributed by atoms with Crippen molar-refractivity contribution in [1.29, 1.82) is 0 Å². The lowest BCUT2D eigenvalue weighted by Gasteiger charge is -2.36. The molecule has 0 N–H and O–H groups in total. The van der Waals surface area contributed by atoms with Gasteiger partial charge in [0.1, 0.15) is 0 Å². The van der Waals surface area contributed by atoms with Gasteiger partial charge in [-0.15, -0.1) is 0 Å². The average Bonchev–Trinajstić information content (AvgIpc) is 2.37. The van der Waals surface area contributed by atoms with Crippen LogP contribution >= 0.6 is 0 Å². The van der Waals surface area contributed by atoms with Crippen molar-refractivity contribution >= 4 is 0 Å². The van der Waals surface area contributed by atoms with E-state index in [1.54, 1.807) is 5.57 Å². The van der Waals surface area contributed by atoms with Crippen LogP contribution in [0.3, 0.4) is 0 Å². The first-order valence-corrected chi connectivity index (χ1v) is 7.43. The summed E-state index contributed by atoms with van der Waals surface area (Å²) in [5.41, 5.74) is 3.15. The average molecular weight is 235 g/mol. The Bertz CT molecular complexity index is 275. The van der Waals surface area contributed by atoms with E-state index in [0.717, 1.165) is 6.42 Å². The first-order valence-electron chi connectivity index (χ1n) is 7.43. The van der Waals surface area contributed by atoms with Gasteiger partial charge in [-0.2, -0.15) is 0 Å². The first kappa shape index (κ1) is 14.3. The lowest BCUT2D eigenvalue weighted by molar-refractivity contribution is 0.277. The summed E-state index contributed by atoms with van der Waals surface area (Å²) >= 11 is 0. The van der Waals surface area contributed by atoms with E-state index in [2.05, 4.69) is 44.9 Å². The summed E-state index contributed by atoms with van der Waals surface area (Å²) in [5.74, 6) is 0. The molecule has 0 amide bonds. The van der Waals surface area contributed by atoms with Crippen molar-refractivity contribution in [2.75, 3.05) is 6.54 Å². The predicted octanol–water partition coefficient (Wildman–Crippen LogP) is 4.90. The topological polar surface area (TPSA) is 3.24 Å². The number of hydrogen-bond acceptors (Lipinski definition) is 1. The molecule has 0 aliphatic carbocycles. The third-order valence-electron chi connectivity index (χ3n) is 3.68. The van der Waals surface area contributed by atoms with Gasteiger partial charge in [-0.05, 0) is 36.8 Å². The number of hydrogen-bond donors (Lipinski definition) is 0. The molecular formula is C16H29N. The van der Waals surface area contributed by atoms with Crippen molar-refractivity contribution in [3.63, 3.8) is 0 Å². The minimum Gasteiger partial charge on any atom is -0.370 e. The second-order valence-electron chi connectivity index (χ2n) is 5.03. The summed E-state index contributed by atoms with van der Waals surface area (Å²) in [6, 6.07) is 0.673. The summed E-state index contributed by atoms with van der Waals surface area (Å²) < 4.78 is 0. The van der Waals surface area contributed by atoms with Gasteiger partial charge in [-0.25, -0.2) is 0 Å². The van der Waals surface area contributed by atoms with Gasteiger partial charge < -0.3 is 4.90 Å². The molecule has 1 heterocycles. The van der Waals surface area contributed by atoms with Gasteiger partial charge in [-0.1, -0.05) is 46.6 Å². The maximum absolute atomic E-state index is 2.60. The highest BCUT2D eigenvalue weighted by Crippen LogP contribution is 2.27. The van der Waals surface area contributed by atoms with E-state index < -0.39 is 0 Å². The highest BCUT2D eigenvalue weighted by molar-refractivity contribution is 5.31. The number of rotatable bonds is 7. The van der Waals surface area contributed by atoms with Crippen molar-refractivity contribution in [3.8, 4) is 0 Å². The van der Waals surface area contributed by atoms with Crippen LogP contribution in [-0.2, 0) is 0 Å². The van der Waals surface area contributed by atoms with Gasteiger partial charge in [0, 0.05) is 18.8 Å². The maximum Gasteiger partial charge on any atom is 0.0499 e. The SMILES string of the molecule is CCCCN1C=C(CC)C=C(CC)C1CCC. The van der Waals surface area contributed by atoms with Gasteiger partial charge in [0.25, 0.3) is 0 Å². The van der Waals surface area contributed by atoms with Crippen molar-refractivity contribution in [1.82, 2.24) is 4.90 Å². The lowest BCUT2D eigenvalue weighted by atomic mass is 9.92. The van der Waals surface area contributed by atoms with Crippen LogP contribution in [0, 0.1) is 0 Å². The largest absolute Gasteiger partial charge is 0.370 e. The highest BCUT2D eigenvalue weighted by Gasteiger charge is 2.21. The van der Waals surface area contributed by atoms with Gasteiger partial charge in [-0.3, -0.25) is 0 Å². The first-order chi connectivity index (χ1) is 8.26. The molecule has 0 aromatic heterocycles. The highest BCUT2D eigenvalue weighted by atomic mass is 15.1. The number of allylic oxidation sites excluding steroid dienone is 2. The Morgan fingerprint density at radius 2 is 1.82 bits per heavy atom. The van der Waals surface area contributed by atoms with E-state index >= 15 is 0 Å². The predicted molar refractivity (Wildman–Crippen MR) is 77.1 cm³/mol. The van der Waals surface area contributed by atoms with Crippen LogP contribution in [0.2, 0.25) is 0 Å². The molecule has 0 aromatic rings. The fourth-order valence-corrected chi connectivity index (χ4v) is 2.60. The minimum atomic E-state index is 0.673. The molecule has 0 saturated heterocycles. The quantitative estimate of drug-likeness (QED) is 0.606. The number of nitrogens with zero attached hydrogens (tertiary/aromatic N) is 1. The molecule has 1 aliphatic heterocycles. The Kier molecular flexibility index (Phi) is 6.39. The van der Waals surface area contributed by atoms with Gasteiger partial charge >= 0.3 is 0 Å². The van der Waals surface area contributed by atoms with Crippen LogP contribution in [0.4, 0.5) is 0 Å². The van der Waals surface area contributed by atoms with E-state index in [-0.39, 0.29) is 0 Å². The van der Waals surface area contributed by atoms with Crippen molar-refractivity contribution in [2.45, 2.75) is 72.3 Å². The molecule has 0 radical (unpaired) electrons. The van der Waals surface area contributed by atoms with Crippen molar-refractivity contribution in [3.05, 3.63) is 23.4 Å². The number of unbranched alkanes of at least 4 members (excludes halogenated alkanes) is 1. The molecule has 0 saturated carbocycles. The Morgan fingerprint density at radius 1 is 1.06 bits per heavy atom. The molecule has 1 rings (SSSR count).